The van der Waals surface area contributed by atoms with Crippen LogP contribution in [0.25, 0.3) is 22.2 Å². The van der Waals surface area contributed by atoms with Crippen LogP contribution in [0.5, 0.6) is 5.75 Å². The van der Waals surface area contributed by atoms with E-state index in [1.165, 1.54) is 18.5 Å². The van der Waals surface area contributed by atoms with E-state index in [9.17, 15) is 4.79 Å². The van der Waals surface area contributed by atoms with Gasteiger partial charge in [0, 0.05) is 41.6 Å². The minimum absolute atomic E-state index is 0.00594. The van der Waals surface area contributed by atoms with E-state index in [0.29, 0.717) is 57.7 Å². The summed E-state index contributed by atoms with van der Waals surface area (Å²) in [7, 11) is 1.89. The van der Waals surface area contributed by atoms with Crippen LogP contribution in [0.4, 0.5) is 4.39 Å². The minimum Gasteiger partial charge on any atom is -0.486 e. The lowest BCUT2D eigenvalue weighted by molar-refractivity contribution is -0.142. The fraction of sp³-hybridized carbons (Fsp3) is 0.357. The average molecular weight is 584 g/mol. The number of aromatic amines is 1. The lowest BCUT2D eigenvalue weighted by Crippen LogP contribution is -2.67. The maximum atomic E-state index is 15.7. The van der Waals surface area contributed by atoms with E-state index in [1.54, 1.807) is 6.20 Å². The van der Waals surface area contributed by atoms with Crippen LogP contribution < -0.4 is 15.4 Å². The molecule has 4 aromatic rings. The smallest absolute Gasteiger partial charge is 0.240 e. The highest BCUT2D eigenvalue weighted by Crippen LogP contribution is 2.38. The molecule has 0 aliphatic carbocycles. The Hall–Kier alpha value is -3.31. The number of hydrogen-bond acceptors (Lipinski definition) is 7. The molecular weight excluding hydrogens is 556 g/mol. The Bertz CT molecular complexity index is 1570. The largest absolute Gasteiger partial charge is 0.486 e. The monoisotopic (exact) mass is 583 g/mol. The molecule has 1 aromatic carbocycles. The number of aromatic nitrogens is 4. The predicted molar refractivity (Wildman–Crippen MR) is 151 cm³/mol. The van der Waals surface area contributed by atoms with Crippen molar-refractivity contribution in [2.75, 3.05) is 26.7 Å². The number of rotatable bonds is 5. The highest BCUT2D eigenvalue weighted by atomic mass is 35.5. The first-order chi connectivity index (χ1) is 19.3. The molecule has 0 saturated carbocycles. The molecule has 3 N–H and O–H groups in total. The van der Waals surface area contributed by atoms with Gasteiger partial charge in [-0.1, -0.05) is 23.2 Å². The van der Waals surface area contributed by atoms with Crippen LogP contribution in [-0.4, -0.2) is 63.2 Å². The summed E-state index contributed by atoms with van der Waals surface area (Å²) >= 11 is 12.6. The number of amides is 1. The number of hydrogen-bond donors (Lipinski definition) is 3. The summed E-state index contributed by atoms with van der Waals surface area (Å²) in [5, 5.41) is 15.3. The van der Waals surface area contributed by atoms with Crippen LogP contribution in [0, 0.1) is 5.82 Å². The number of nitrogens with one attached hydrogen (secondary N) is 3. The first-order valence-corrected chi connectivity index (χ1v) is 13.9. The first kappa shape index (κ1) is 26.9. The number of pyridine rings is 2. The van der Waals surface area contributed by atoms with Gasteiger partial charge in [-0.3, -0.25) is 24.8 Å². The maximum Gasteiger partial charge on any atom is 0.240 e. The number of piperidine rings is 1. The number of carbonyl (C=O) groups is 1. The van der Waals surface area contributed by atoms with Gasteiger partial charge in [0.25, 0.3) is 0 Å². The molecule has 12 heteroatoms. The molecule has 2 saturated heterocycles. The number of nitrogens with zero attached hydrogens (tertiary/aromatic N) is 4. The summed E-state index contributed by atoms with van der Waals surface area (Å²) < 4.78 is 21.8. The number of H-pyrrole nitrogens is 1. The van der Waals surface area contributed by atoms with Gasteiger partial charge in [-0.05, 0) is 64.2 Å². The van der Waals surface area contributed by atoms with Crippen molar-refractivity contribution in [1.29, 1.82) is 0 Å². The van der Waals surface area contributed by atoms with Crippen molar-refractivity contribution in [2.24, 2.45) is 0 Å². The molecule has 2 atom stereocenters. The van der Waals surface area contributed by atoms with Crippen LogP contribution in [0.2, 0.25) is 10.0 Å². The molecule has 40 heavy (non-hydrogen) atoms. The van der Waals surface area contributed by atoms with E-state index in [-0.39, 0.29) is 11.9 Å². The summed E-state index contributed by atoms with van der Waals surface area (Å²) in [4.78, 5) is 23.4. The zero-order chi connectivity index (χ0) is 28.0. The van der Waals surface area contributed by atoms with Crippen LogP contribution in [0.1, 0.15) is 43.2 Å². The molecule has 2 aliphatic heterocycles. The number of carbonyl (C=O) groups excluding carboxylic acids is 1. The van der Waals surface area contributed by atoms with Crippen molar-refractivity contribution < 1.29 is 13.9 Å². The molecule has 208 valence electrons. The van der Waals surface area contributed by atoms with Crippen molar-refractivity contribution in [1.82, 2.24) is 35.7 Å². The second kappa shape index (κ2) is 10.6. The van der Waals surface area contributed by atoms with E-state index in [4.69, 9.17) is 27.9 Å². The molecule has 0 bridgehead atoms. The predicted octanol–water partition coefficient (Wildman–Crippen LogP) is 4.83. The van der Waals surface area contributed by atoms with E-state index in [2.05, 4.69) is 30.8 Å². The summed E-state index contributed by atoms with van der Waals surface area (Å²) in [6.45, 7) is 3.62. The van der Waals surface area contributed by atoms with Crippen molar-refractivity contribution in [3.63, 3.8) is 0 Å². The summed E-state index contributed by atoms with van der Waals surface area (Å²) in [5.41, 5.74) is 2.11. The van der Waals surface area contributed by atoms with Gasteiger partial charge in [0.15, 0.2) is 0 Å². The molecule has 0 radical (unpaired) electrons. The van der Waals surface area contributed by atoms with E-state index in [0.717, 1.165) is 24.0 Å². The lowest BCUT2D eigenvalue weighted by Gasteiger charge is -2.50. The summed E-state index contributed by atoms with van der Waals surface area (Å²) in [5.74, 6) is 0.116. The summed E-state index contributed by atoms with van der Waals surface area (Å²) in [6, 6.07) is 6.57. The first-order valence-electron chi connectivity index (χ1n) is 13.1. The number of halogens is 3. The molecule has 5 heterocycles. The molecule has 2 aliphatic rings. The Labute approximate surface area is 240 Å². The molecule has 6 rings (SSSR count). The third-order valence-electron chi connectivity index (χ3n) is 8.05. The second-order valence-corrected chi connectivity index (χ2v) is 11.1. The van der Waals surface area contributed by atoms with Gasteiger partial charge < -0.3 is 15.4 Å². The molecular formula is C28H28Cl2FN7O2. The Morgan fingerprint density at radius 2 is 1.90 bits per heavy atom. The van der Waals surface area contributed by atoms with Gasteiger partial charge >= 0.3 is 0 Å². The maximum absolute atomic E-state index is 15.7. The standard InChI is InChI=1S/C28H28Cl2FN7O2/c1-15(24-19(29)12-33-13-20(24)30)40-17-3-4-22-18(10-17)25(37-36-22)16-9-21(31)26(34-11-16)23-14-35-27(39)28(38(23)2)5-7-32-8-6-28/h3-4,9-13,15,23,32H,5-8,14H2,1-2H3,(H,35,39)(H,36,37)/t15-,23?/m1/s1. The number of fused-ring (bicyclic) bond motifs is 1. The fourth-order valence-corrected chi connectivity index (χ4v) is 6.50. The van der Waals surface area contributed by atoms with E-state index >= 15 is 4.39 Å². The lowest BCUT2D eigenvalue weighted by atomic mass is 9.82. The van der Waals surface area contributed by atoms with Gasteiger partial charge in [0.1, 0.15) is 28.9 Å². The third kappa shape index (κ3) is 4.58. The number of piperazine rings is 1. The fourth-order valence-electron chi connectivity index (χ4n) is 5.83. The molecule has 3 aromatic heterocycles. The van der Waals surface area contributed by atoms with Crippen LogP contribution >= 0.6 is 23.2 Å². The normalized spacial score (nSPS) is 20.0. The van der Waals surface area contributed by atoms with Gasteiger partial charge in [-0.25, -0.2) is 4.39 Å². The third-order valence-corrected chi connectivity index (χ3v) is 8.66. The summed E-state index contributed by atoms with van der Waals surface area (Å²) in [6.07, 6.45) is 5.55. The van der Waals surface area contributed by atoms with Crippen LogP contribution in [-0.2, 0) is 4.79 Å². The number of ether oxygens (including phenoxy) is 1. The van der Waals surface area contributed by atoms with Gasteiger partial charge in [0.05, 0.1) is 27.3 Å². The van der Waals surface area contributed by atoms with Crippen molar-refractivity contribution in [2.45, 2.75) is 37.5 Å². The quantitative estimate of drug-likeness (QED) is 0.309. The topological polar surface area (TPSA) is 108 Å². The molecule has 1 amide bonds. The van der Waals surface area contributed by atoms with Gasteiger partial charge in [0.2, 0.25) is 5.91 Å². The zero-order valence-corrected chi connectivity index (χ0v) is 23.5. The molecule has 1 unspecified atom stereocenters. The van der Waals surface area contributed by atoms with Gasteiger partial charge in [-0.15, -0.1) is 0 Å². The highest BCUT2D eigenvalue weighted by Gasteiger charge is 2.49. The minimum atomic E-state index is -0.669. The van der Waals surface area contributed by atoms with Crippen molar-refractivity contribution in [3.05, 3.63) is 70.0 Å². The highest BCUT2D eigenvalue weighted by molar-refractivity contribution is 6.35. The second-order valence-electron chi connectivity index (χ2n) is 10.3. The Balaban J connectivity index is 1.28. The van der Waals surface area contributed by atoms with E-state index in [1.807, 2.05) is 37.1 Å². The van der Waals surface area contributed by atoms with Crippen molar-refractivity contribution >= 4 is 40.0 Å². The Morgan fingerprint density at radius 1 is 1.15 bits per heavy atom. The number of benzene rings is 1. The van der Waals surface area contributed by atoms with Crippen LogP contribution in [0.15, 0.2) is 42.9 Å². The SMILES string of the molecule is C[C@@H](Oc1ccc2[nH]nc(-c3cnc(C4CNC(=O)C5(CCNCC5)N4C)c(F)c3)c2c1)c1c(Cl)cncc1Cl. The average Bonchev–Trinajstić information content (AvgIpc) is 3.36. The molecule has 2 fully saturated rings. The van der Waals surface area contributed by atoms with E-state index < -0.39 is 17.5 Å². The zero-order valence-electron chi connectivity index (χ0n) is 22.0. The van der Waals surface area contributed by atoms with Gasteiger partial charge in [-0.2, -0.15) is 5.10 Å². The molecule has 9 nitrogen and oxygen atoms in total. The van der Waals surface area contributed by atoms with Crippen molar-refractivity contribution in [3.8, 4) is 17.0 Å². The number of likely N-dealkylation sites (N-methyl/N-ethyl adjacent to an activating group) is 1. The molecule has 1 spiro atoms. The Kier molecular flexibility index (Phi) is 7.12. The van der Waals surface area contributed by atoms with Crippen LogP contribution in [0.3, 0.4) is 0 Å². The Morgan fingerprint density at radius 3 is 2.62 bits per heavy atom.